The number of rotatable bonds is 3. The number of benzene rings is 1. The van der Waals surface area contributed by atoms with Crippen LogP contribution in [0, 0.1) is 5.92 Å². The van der Waals surface area contributed by atoms with Crippen LogP contribution in [0.2, 0.25) is 0 Å². The molecule has 1 saturated carbocycles. The second-order valence-electron chi connectivity index (χ2n) is 5.56. The zero-order valence-electron chi connectivity index (χ0n) is 11.3. The van der Waals surface area contributed by atoms with Crippen molar-refractivity contribution in [3.8, 4) is 0 Å². The first-order chi connectivity index (χ1) is 8.60. The average Bonchev–Trinajstić information content (AvgIpc) is 2.37. The van der Waals surface area contributed by atoms with Gasteiger partial charge < -0.3 is 10.6 Å². The van der Waals surface area contributed by atoms with Crippen molar-refractivity contribution < 1.29 is 0 Å². The van der Waals surface area contributed by atoms with Gasteiger partial charge in [0.25, 0.3) is 0 Å². The SMILES string of the molecule is CC1CCCC(N(C)c2cc(Br)cc(CN)c2)C1. The Bertz CT molecular complexity index is 405. The Hall–Kier alpha value is -0.540. The van der Waals surface area contributed by atoms with Crippen LogP contribution in [0.15, 0.2) is 22.7 Å². The molecule has 1 aliphatic rings. The van der Waals surface area contributed by atoms with Gasteiger partial charge in [0.15, 0.2) is 0 Å². The molecule has 0 radical (unpaired) electrons. The monoisotopic (exact) mass is 310 g/mol. The first-order valence-electron chi connectivity index (χ1n) is 6.82. The maximum absolute atomic E-state index is 5.75. The van der Waals surface area contributed by atoms with Crippen LogP contribution in [0.25, 0.3) is 0 Å². The molecule has 18 heavy (non-hydrogen) atoms. The summed E-state index contributed by atoms with van der Waals surface area (Å²) in [6.07, 6.45) is 5.36. The molecule has 0 aromatic heterocycles. The normalized spacial score (nSPS) is 24.0. The fraction of sp³-hybridized carbons (Fsp3) is 0.600. The van der Waals surface area contributed by atoms with E-state index in [0.29, 0.717) is 12.6 Å². The largest absolute Gasteiger partial charge is 0.372 e. The second kappa shape index (κ2) is 6.07. The number of nitrogens with zero attached hydrogens (tertiary/aromatic N) is 1. The highest BCUT2D eigenvalue weighted by atomic mass is 79.9. The minimum absolute atomic E-state index is 0.599. The molecular weight excluding hydrogens is 288 g/mol. The summed E-state index contributed by atoms with van der Waals surface area (Å²) in [7, 11) is 2.21. The van der Waals surface area contributed by atoms with Crippen LogP contribution in [0.5, 0.6) is 0 Å². The van der Waals surface area contributed by atoms with E-state index in [9.17, 15) is 0 Å². The Kier molecular flexibility index (Phi) is 4.68. The third-order valence-corrected chi connectivity index (χ3v) is 4.50. The van der Waals surface area contributed by atoms with Crippen molar-refractivity contribution in [2.45, 2.75) is 45.2 Å². The minimum atomic E-state index is 0.599. The van der Waals surface area contributed by atoms with Crippen molar-refractivity contribution in [2.75, 3.05) is 11.9 Å². The summed E-state index contributed by atoms with van der Waals surface area (Å²) in [6, 6.07) is 7.18. The molecule has 1 aromatic carbocycles. The van der Waals surface area contributed by atoms with Crippen LogP contribution in [0.1, 0.15) is 38.2 Å². The number of hydrogen-bond donors (Lipinski definition) is 1. The average molecular weight is 311 g/mol. The summed E-state index contributed by atoms with van der Waals surface area (Å²) in [5.41, 5.74) is 8.22. The Morgan fingerprint density at radius 1 is 1.33 bits per heavy atom. The van der Waals surface area contributed by atoms with Gasteiger partial charge >= 0.3 is 0 Å². The van der Waals surface area contributed by atoms with E-state index < -0.39 is 0 Å². The fourth-order valence-corrected chi connectivity index (χ4v) is 3.45. The van der Waals surface area contributed by atoms with Gasteiger partial charge in [-0.05, 0) is 42.5 Å². The zero-order chi connectivity index (χ0) is 13.1. The van der Waals surface area contributed by atoms with E-state index in [2.05, 4.69) is 53.0 Å². The van der Waals surface area contributed by atoms with Crippen molar-refractivity contribution in [1.82, 2.24) is 0 Å². The summed E-state index contributed by atoms with van der Waals surface area (Å²) in [4.78, 5) is 2.43. The van der Waals surface area contributed by atoms with Crippen LogP contribution >= 0.6 is 15.9 Å². The van der Waals surface area contributed by atoms with Gasteiger partial charge in [0.05, 0.1) is 0 Å². The van der Waals surface area contributed by atoms with Crippen LogP contribution in [-0.2, 0) is 6.54 Å². The first kappa shape index (κ1) is 13.9. The maximum Gasteiger partial charge on any atom is 0.0380 e. The third-order valence-electron chi connectivity index (χ3n) is 4.04. The highest BCUT2D eigenvalue weighted by molar-refractivity contribution is 9.10. The molecule has 100 valence electrons. The molecule has 0 saturated heterocycles. The van der Waals surface area contributed by atoms with Gasteiger partial charge in [-0.3, -0.25) is 0 Å². The van der Waals surface area contributed by atoms with Gasteiger partial charge in [0.2, 0.25) is 0 Å². The lowest BCUT2D eigenvalue weighted by Gasteiger charge is -2.36. The van der Waals surface area contributed by atoms with Crippen LogP contribution < -0.4 is 10.6 Å². The van der Waals surface area contributed by atoms with Gasteiger partial charge in [0, 0.05) is 29.8 Å². The van der Waals surface area contributed by atoms with Gasteiger partial charge in [0.1, 0.15) is 0 Å². The summed E-state index contributed by atoms with van der Waals surface area (Å²) >= 11 is 3.58. The molecule has 2 rings (SSSR count). The Morgan fingerprint density at radius 2 is 2.11 bits per heavy atom. The Labute approximate surface area is 119 Å². The van der Waals surface area contributed by atoms with E-state index in [0.717, 1.165) is 10.4 Å². The van der Waals surface area contributed by atoms with Gasteiger partial charge in [-0.15, -0.1) is 0 Å². The minimum Gasteiger partial charge on any atom is -0.372 e. The molecule has 0 aliphatic heterocycles. The predicted octanol–water partition coefficient (Wildman–Crippen LogP) is 3.92. The lowest BCUT2D eigenvalue weighted by Crippen LogP contribution is -2.35. The molecule has 1 fully saturated rings. The molecule has 3 heteroatoms. The van der Waals surface area contributed by atoms with E-state index in [4.69, 9.17) is 5.73 Å². The van der Waals surface area contributed by atoms with Crippen molar-refractivity contribution >= 4 is 21.6 Å². The summed E-state index contributed by atoms with van der Waals surface area (Å²) in [5, 5.41) is 0. The highest BCUT2D eigenvalue weighted by Gasteiger charge is 2.22. The van der Waals surface area contributed by atoms with Crippen LogP contribution in [-0.4, -0.2) is 13.1 Å². The van der Waals surface area contributed by atoms with E-state index in [1.807, 2.05) is 0 Å². The fourth-order valence-electron chi connectivity index (χ4n) is 2.92. The molecule has 0 heterocycles. The molecule has 2 N–H and O–H groups in total. The molecule has 2 atom stereocenters. The van der Waals surface area contributed by atoms with E-state index in [-0.39, 0.29) is 0 Å². The summed E-state index contributed by atoms with van der Waals surface area (Å²) < 4.78 is 1.12. The molecule has 0 bridgehead atoms. The molecule has 2 unspecified atom stereocenters. The number of anilines is 1. The van der Waals surface area contributed by atoms with Crippen molar-refractivity contribution in [3.05, 3.63) is 28.2 Å². The van der Waals surface area contributed by atoms with Gasteiger partial charge in [-0.1, -0.05) is 35.7 Å². The summed E-state index contributed by atoms with van der Waals surface area (Å²) in [5.74, 6) is 0.854. The Balaban J connectivity index is 2.16. The second-order valence-corrected chi connectivity index (χ2v) is 6.47. The van der Waals surface area contributed by atoms with Crippen molar-refractivity contribution in [2.24, 2.45) is 11.7 Å². The lowest BCUT2D eigenvalue weighted by molar-refractivity contribution is 0.336. The maximum atomic E-state index is 5.75. The number of halogens is 1. The molecule has 1 aromatic rings. The van der Waals surface area contributed by atoms with Gasteiger partial charge in [-0.25, -0.2) is 0 Å². The quantitative estimate of drug-likeness (QED) is 0.916. The summed E-state index contributed by atoms with van der Waals surface area (Å²) in [6.45, 7) is 2.97. The number of nitrogens with two attached hydrogens (primary N) is 1. The Morgan fingerprint density at radius 3 is 2.78 bits per heavy atom. The lowest BCUT2D eigenvalue weighted by atomic mass is 9.86. The molecule has 1 aliphatic carbocycles. The topological polar surface area (TPSA) is 29.3 Å². The van der Waals surface area contributed by atoms with E-state index in [1.165, 1.54) is 36.9 Å². The van der Waals surface area contributed by atoms with E-state index >= 15 is 0 Å². The number of hydrogen-bond acceptors (Lipinski definition) is 2. The molecule has 2 nitrogen and oxygen atoms in total. The molecular formula is C15H23BrN2. The van der Waals surface area contributed by atoms with Crippen molar-refractivity contribution in [3.63, 3.8) is 0 Å². The highest BCUT2D eigenvalue weighted by Crippen LogP contribution is 2.31. The van der Waals surface area contributed by atoms with E-state index in [1.54, 1.807) is 0 Å². The zero-order valence-corrected chi connectivity index (χ0v) is 12.9. The predicted molar refractivity (Wildman–Crippen MR) is 81.9 cm³/mol. The van der Waals surface area contributed by atoms with Crippen LogP contribution in [0.3, 0.4) is 0 Å². The molecule has 0 spiro atoms. The first-order valence-corrected chi connectivity index (χ1v) is 7.62. The van der Waals surface area contributed by atoms with Crippen LogP contribution in [0.4, 0.5) is 5.69 Å². The van der Waals surface area contributed by atoms with Crippen molar-refractivity contribution in [1.29, 1.82) is 0 Å². The van der Waals surface area contributed by atoms with Gasteiger partial charge in [-0.2, -0.15) is 0 Å². The molecule has 0 amide bonds. The standard InChI is InChI=1S/C15H23BrN2/c1-11-4-3-5-14(6-11)18(2)15-8-12(10-17)7-13(16)9-15/h7-9,11,14H,3-6,10,17H2,1-2H3. The third kappa shape index (κ3) is 3.27. The smallest absolute Gasteiger partial charge is 0.0380 e.